The number of benzene rings is 1. The van der Waals surface area contributed by atoms with Crippen molar-refractivity contribution in [3.63, 3.8) is 0 Å². The van der Waals surface area contributed by atoms with Crippen LogP contribution in [0.15, 0.2) is 48.8 Å². The van der Waals surface area contributed by atoms with Gasteiger partial charge in [0.2, 0.25) is 0 Å². The van der Waals surface area contributed by atoms with Crippen molar-refractivity contribution in [2.75, 3.05) is 12.4 Å². The lowest BCUT2D eigenvalue weighted by molar-refractivity contribution is -0.126. The second-order valence-electron chi connectivity index (χ2n) is 6.19. The van der Waals surface area contributed by atoms with Crippen molar-refractivity contribution < 1.29 is 9.53 Å². The molecular formula is C18H22N2O2. The zero-order valence-corrected chi connectivity index (χ0v) is 13.5. The molecule has 1 aromatic heterocycles. The first-order valence-corrected chi connectivity index (χ1v) is 7.26. The Bertz CT molecular complexity index is 633. The summed E-state index contributed by atoms with van der Waals surface area (Å²) in [5, 5.41) is 2.94. The molecule has 0 fully saturated rings. The molecule has 1 N–H and O–H groups in total. The average molecular weight is 298 g/mol. The van der Waals surface area contributed by atoms with Gasteiger partial charge < -0.3 is 10.1 Å². The molecular weight excluding hydrogens is 276 g/mol. The van der Waals surface area contributed by atoms with Gasteiger partial charge in [-0.1, -0.05) is 51.1 Å². The highest BCUT2D eigenvalue weighted by atomic mass is 16.5. The smallest absolute Gasteiger partial charge is 0.258 e. The Hall–Kier alpha value is -2.20. The van der Waals surface area contributed by atoms with E-state index < -0.39 is 6.10 Å². The second kappa shape index (κ2) is 6.71. The van der Waals surface area contributed by atoms with Crippen molar-refractivity contribution in [1.82, 2.24) is 4.98 Å². The molecule has 0 aliphatic heterocycles. The Labute approximate surface area is 131 Å². The van der Waals surface area contributed by atoms with Gasteiger partial charge in [-0.2, -0.15) is 0 Å². The summed E-state index contributed by atoms with van der Waals surface area (Å²) in [6.45, 7) is 6.30. The van der Waals surface area contributed by atoms with Gasteiger partial charge in [0.15, 0.2) is 6.10 Å². The minimum Gasteiger partial charge on any atom is -0.367 e. The maximum atomic E-state index is 12.6. The SMILES string of the molecule is COC(C(=O)Nc1cnccc1C(C)(C)C)c1ccccc1. The van der Waals surface area contributed by atoms with Crippen LogP contribution in [0.1, 0.15) is 38.0 Å². The molecule has 4 nitrogen and oxygen atoms in total. The van der Waals surface area contributed by atoms with Gasteiger partial charge in [-0.15, -0.1) is 0 Å². The minimum atomic E-state index is -0.644. The van der Waals surface area contributed by atoms with Crippen LogP contribution < -0.4 is 5.32 Å². The number of amides is 1. The summed E-state index contributed by atoms with van der Waals surface area (Å²) in [7, 11) is 1.53. The summed E-state index contributed by atoms with van der Waals surface area (Å²) in [4.78, 5) is 16.7. The second-order valence-corrected chi connectivity index (χ2v) is 6.19. The average Bonchev–Trinajstić information content (AvgIpc) is 2.48. The summed E-state index contributed by atoms with van der Waals surface area (Å²) in [6, 6.07) is 11.4. The van der Waals surface area contributed by atoms with Crippen LogP contribution in [0.3, 0.4) is 0 Å². The van der Waals surface area contributed by atoms with Crippen molar-refractivity contribution in [2.45, 2.75) is 32.3 Å². The molecule has 2 rings (SSSR count). The fourth-order valence-electron chi connectivity index (χ4n) is 2.37. The Morgan fingerprint density at radius 2 is 1.86 bits per heavy atom. The predicted octanol–water partition coefficient (Wildman–Crippen LogP) is 3.71. The van der Waals surface area contributed by atoms with E-state index in [0.717, 1.165) is 16.8 Å². The van der Waals surface area contributed by atoms with Crippen LogP contribution in [0.4, 0.5) is 5.69 Å². The predicted molar refractivity (Wildman–Crippen MR) is 87.8 cm³/mol. The van der Waals surface area contributed by atoms with E-state index >= 15 is 0 Å². The number of nitrogens with zero attached hydrogens (tertiary/aromatic N) is 1. The lowest BCUT2D eigenvalue weighted by atomic mass is 9.86. The number of methoxy groups -OCH3 is 1. The maximum absolute atomic E-state index is 12.6. The van der Waals surface area contributed by atoms with E-state index in [2.05, 4.69) is 31.1 Å². The van der Waals surface area contributed by atoms with Gasteiger partial charge in [-0.25, -0.2) is 0 Å². The quantitative estimate of drug-likeness (QED) is 0.936. The van der Waals surface area contributed by atoms with Crippen LogP contribution >= 0.6 is 0 Å². The third-order valence-electron chi connectivity index (χ3n) is 3.46. The molecule has 4 heteroatoms. The number of pyridine rings is 1. The standard InChI is InChI=1S/C18H22N2O2/c1-18(2,3)14-10-11-19-12-15(14)20-17(21)16(22-4)13-8-6-5-7-9-13/h5-12,16H,1-4H3,(H,20,21). The summed E-state index contributed by atoms with van der Waals surface area (Å²) >= 11 is 0. The minimum absolute atomic E-state index is 0.0825. The van der Waals surface area contributed by atoms with Crippen LogP contribution in [-0.4, -0.2) is 18.0 Å². The van der Waals surface area contributed by atoms with Gasteiger partial charge in [0, 0.05) is 13.3 Å². The number of carbonyl (C=O) groups excluding carboxylic acids is 1. The number of aromatic nitrogens is 1. The number of hydrogen-bond donors (Lipinski definition) is 1. The van der Waals surface area contributed by atoms with Crippen LogP contribution in [0.25, 0.3) is 0 Å². The first-order chi connectivity index (χ1) is 10.4. The third kappa shape index (κ3) is 3.71. The van der Waals surface area contributed by atoms with E-state index in [1.807, 2.05) is 36.4 Å². The van der Waals surface area contributed by atoms with Crippen LogP contribution in [0.2, 0.25) is 0 Å². The van der Waals surface area contributed by atoms with Gasteiger partial charge in [-0.3, -0.25) is 9.78 Å². The molecule has 22 heavy (non-hydrogen) atoms. The highest BCUT2D eigenvalue weighted by molar-refractivity contribution is 5.95. The maximum Gasteiger partial charge on any atom is 0.258 e. The molecule has 116 valence electrons. The highest BCUT2D eigenvalue weighted by Gasteiger charge is 2.23. The lowest BCUT2D eigenvalue weighted by Crippen LogP contribution is -2.25. The number of ether oxygens (including phenoxy) is 1. The van der Waals surface area contributed by atoms with Gasteiger partial charge >= 0.3 is 0 Å². The Morgan fingerprint density at radius 3 is 2.45 bits per heavy atom. The number of carbonyl (C=O) groups is 1. The monoisotopic (exact) mass is 298 g/mol. The molecule has 0 aliphatic rings. The van der Waals surface area contributed by atoms with Crippen LogP contribution in [0, 0.1) is 0 Å². The fraction of sp³-hybridized carbons (Fsp3) is 0.333. The molecule has 1 heterocycles. The molecule has 1 atom stereocenters. The van der Waals surface area contributed by atoms with E-state index in [4.69, 9.17) is 4.74 Å². The Kier molecular flexibility index (Phi) is 4.93. The molecule has 2 aromatic rings. The summed E-state index contributed by atoms with van der Waals surface area (Å²) in [6.07, 6.45) is 2.77. The third-order valence-corrected chi connectivity index (χ3v) is 3.46. The zero-order chi connectivity index (χ0) is 16.2. The summed E-state index contributed by atoms with van der Waals surface area (Å²) in [5.74, 6) is -0.202. The van der Waals surface area contributed by atoms with Crippen LogP contribution in [-0.2, 0) is 14.9 Å². The van der Waals surface area contributed by atoms with Gasteiger partial charge in [0.25, 0.3) is 5.91 Å². The normalized spacial score (nSPS) is 12.7. The molecule has 1 unspecified atom stereocenters. The van der Waals surface area contributed by atoms with Crippen molar-refractivity contribution in [3.05, 3.63) is 59.9 Å². The van der Waals surface area contributed by atoms with E-state index in [9.17, 15) is 4.79 Å². The molecule has 0 radical (unpaired) electrons. The number of rotatable bonds is 4. The zero-order valence-electron chi connectivity index (χ0n) is 13.5. The van der Waals surface area contributed by atoms with Gasteiger partial charge in [0.05, 0.1) is 11.9 Å². The van der Waals surface area contributed by atoms with Crippen molar-refractivity contribution in [2.24, 2.45) is 0 Å². The molecule has 0 saturated carbocycles. The molecule has 0 spiro atoms. The topological polar surface area (TPSA) is 51.2 Å². The van der Waals surface area contributed by atoms with E-state index in [-0.39, 0.29) is 11.3 Å². The van der Waals surface area contributed by atoms with Gasteiger partial charge in [-0.05, 0) is 22.6 Å². The number of hydrogen-bond acceptors (Lipinski definition) is 3. The molecule has 1 amide bonds. The Morgan fingerprint density at radius 1 is 1.18 bits per heavy atom. The fourth-order valence-corrected chi connectivity index (χ4v) is 2.37. The molecule has 0 aliphatic carbocycles. The molecule has 1 aromatic carbocycles. The van der Waals surface area contributed by atoms with Crippen molar-refractivity contribution >= 4 is 11.6 Å². The first-order valence-electron chi connectivity index (χ1n) is 7.26. The summed E-state index contributed by atoms with van der Waals surface area (Å²) < 4.78 is 5.36. The number of anilines is 1. The van der Waals surface area contributed by atoms with Crippen molar-refractivity contribution in [3.8, 4) is 0 Å². The largest absolute Gasteiger partial charge is 0.367 e. The Balaban J connectivity index is 2.25. The van der Waals surface area contributed by atoms with E-state index in [1.165, 1.54) is 7.11 Å². The van der Waals surface area contributed by atoms with Gasteiger partial charge in [0.1, 0.15) is 0 Å². The molecule has 0 saturated heterocycles. The van der Waals surface area contributed by atoms with Crippen LogP contribution in [0.5, 0.6) is 0 Å². The highest BCUT2D eigenvalue weighted by Crippen LogP contribution is 2.29. The van der Waals surface area contributed by atoms with E-state index in [1.54, 1.807) is 12.4 Å². The first kappa shape index (κ1) is 16.2. The number of nitrogens with one attached hydrogen (secondary N) is 1. The molecule has 0 bridgehead atoms. The van der Waals surface area contributed by atoms with Crippen molar-refractivity contribution in [1.29, 1.82) is 0 Å². The summed E-state index contributed by atoms with van der Waals surface area (Å²) in [5.41, 5.74) is 2.50. The lowest BCUT2D eigenvalue weighted by Gasteiger charge is -2.23. The van der Waals surface area contributed by atoms with E-state index in [0.29, 0.717) is 0 Å².